The van der Waals surface area contributed by atoms with Gasteiger partial charge < -0.3 is 0 Å². The fraction of sp³-hybridized carbons (Fsp3) is 0. The van der Waals surface area contributed by atoms with Crippen molar-refractivity contribution in [2.75, 3.05) is 0 Å². The predicted octanol–water partition coefficient (Wildman–Crippen LogP) is 2.11. The second-order valence-corrected chi connectivity index (χ2v) is 22.8. The minimum absolute atomic E-state index is 0. The van der Waals surface area contributed by atoms with Crippen LogP contribution in [0.1, 0.15) is 0 Å². The maximum absolute atomic E-state index is 5.04. The summed E-state index contributed by atoms with van der Waals surface area (Å²) < 4.78 is 0. The van der Waals surface area contributed by atoms with Gasteiger partial charge in [-0.15, -0.1) is 0 Å². The first kappa shape index (κ1) is 11.4. The second kappa shape index (κ2) is 4.51. The van der Waals surface area contributed by atoms with E-state index in [1.165, 1.54) is 0 Å². The van der Waals surface area contributed by atoms with Gasteiger partial charge in [0.25, 0.3) is 0 Å². The third-order valence-electron chi connectivity index (χ3n) is 0. The molecule has 0 atom stereocenters. The second-order valence-electron chi connectivity index (χ2n) is 0.429. The first-order chi connectivity index (χ1) is 2.00. The molecule has 0 aromatic rings. The van der Waals surface area contributed by atoms with Gasteiger partial charge in [0.05, 0.1) is 0 Å². The third kappa shape index (κ3) is 30.3. The molecule has 0 spiro atoms. The molecule has 34 valence electrons. The average molecular weight is 241 g/mol. The summed E-state index contributed by atoms with van der Waals surface area (Å²) in [6.07, 6.45) is 0. The van der Waals surface area contributed by atoms with E-state index in [4.69, 9.17) is 34.1 Å². The van der Waals surface area contributed by atoms with Crippen LogP contribution in [0.4, 0.5) is 0 Å². The van der Waals surface area contributed by atoms with E-state index in [0.717, 1.165) is 0 Å². The molecule has 0 saturated carbocycles. The van der Waals surface area contributed by atoms with Gasteiger partial charge in [0.1, 0.15) is 0 Å². The van der Waals surface area contributed by atoms with Crippen LogP contribution in [0.15, 0.2) is 0 Å². The molecule has 6 heteroatoms. The summed E-state index contributed by atoms with van der Waals surface area (Å²) in [5.74, 6) is 0. The Morgan fingerprint density at radius 3 is 0.833 bits per heavy atom. The van der Waals surface area contributed by atoms with Gasteiger partial charge in [-0.2, -0.15) is 0 Å². The Balaban J connectivity index is 0. The normalized spacial score (nSPS) is 10.0. The molecule has 0 aromatic heterocycles. The molecule has 0 aliphatic carbocycles. The first-order valence-electron chi connectivity index (χ1n) is 0.756. The van der Waals surface area contributed by atoms with Gasteiger partial charge in [-0.25, -0.2) is 0 Å². The molecule has 0 unspecified atom stereocenters. The van der Waals surface area contributed by atoms with E-state index < -0.39 is 15.5 Å². The van der Waals surface area contributed by atoms with Crippen molar-refractivity contribution >= 4 is 52.9 Å². The van der Waals surface area contributed by atoms with E-state index in [0.29, 0.717) is 0 Å². The molecular formula is HCl4LiZr. The molecule has 0 N–H and O–H groups in total. The molecule has 0 rings (SSSR count). The summed E-state index contributed by atoms with van der Waals surface area (Å²) in [6, 6.07) is 0. The molecule has 0 amide bonds. The van der Waals surface area contributed by atoms with Crippen molar-refractivity contribution in [3.8, 4) is 0 Å². The summed E-state index contributed by atoms with van der Waals surface area (Å²) in [5, 5.41) is 0. The van der Waals surface area contributed by atoms with E-state index in [-0.39, 0.29) is 18.9 Å². The van der Waals surface area contributed by atoms with E-state index >= 15 is 0 Å². The van der Waals surface area contributed by atoms with Gasteiger partial charge in [-0.3, -0.25) is 0 Å². The van der Waals surface area contributed by atoms with Crippen LogP contribution >= 0.6 is 34.1 Å². The zero-order valence-corrected chi connectivity index (χ0v) is 7.49. The van der Waals surface area contributed by atoms with Crippen molar-refractivity contribution in [1.82, 2.24) is 0 Å². The fourth-order valence-corrected chi connectivity index (χ4v) is 0. The summed E-state index contributed by atoms with van der Waals surface area (Å²) in [6.45, 7) is 0. The maximum atomic E-state index is 5.04. The van der Waals surface area contributed by atoms with Crippen LogP contribution in [0.5, 0.6) is 0 Å². The van der Waals surface area contributed by atoms with Crippen molar-refractivity contribution in [3.63, 3.8) is 0 Å². The number of hydrogen-bond acceptors (Lipinski definition) is 0. The summed E-state index contributed by atoms with van der Waals surface area (Å²) >= 11 is -3.29. The van der Waals surface area contributed by atoms with E-state index in [2.05, 4.69) is 0 Å². The van der Waals surface area contributed by atoms with Gasteiger partial charge in [0.2, 0.25) is 0 Å². The topological polar surface area (TPSA) is 0 Å². The molecule has 0 saturated heterocycles. The van der Waals surface area contributed by atoms with E-state index in [9.17, 15) is 0 Å². The Bertz CT molecular complexity index is 23.0. The van der Waals surface area contributed by atoms with E-state index in [1.807, 2.05) is 0 Å². The molecule has 0 aliphatic rings. The van der Waals surface area contributed by atoms with Crippen LogP contribution in [0, 0.1) is 0 Å². The fourth-order valence-electron chi connectivity index (χ4n) is 0. The molecule has 6 heavy (non-hydrogen) atoms. The predicted molar refractivity (Wildman–Crippen MR) is 30.6 cm³/mol. The van der Waals surface area contributed by atoms with Crippen LogP contribution in [0.3, 0.4) is 0 Å². The van der Waals surface area contributed by atoms with Crippen LogP contribution in [-0.4, -0.2) is 18.9 Å². The summed E-state index contributed by atoms with van der Waals surface area (Å²) in [5.41, 5.74) is 0. The Morgan fingerprint density at radius 2 is 0.833 bits per heavy atom. The Kier molecular flexibility index (Phi) is 8.60. The van der Waals surface area contributed by atoms with Gasteiger partial charge in [-0.05, 0) is 0 Å². The molecule has 0 fully saturated rings. The van der Waals surface area contributed by atoms with Crippen LogP contribution in [-0.2, 0) is 15.5 Å². The molecular weight excluding hydrogens is 240 g/mol. The van der Waals surface area contributed by atoms with Crippen molar-refractivity contribution in [3.05, 3.63) is 0 Å². The zero-order valence-electron chi connectivity index (χ0n) is 2.01. The first-order valence-corrected chi connectivity index (χ1v) is 13.4. The Labute approximate surface area is 67.2 Å². The van der Waals surface area contributed by atoms with Crippen LogP contribution < -0.4 is 0 Å². The SMILES string of the molecule is [Cl][Zr]([Cl])([Cl])[Cl].[LiH]. The zero-order chi connectivity index (χ0) is 4.50. The van der Waals surface area contributed by atoms with Crippen molar-refractivity contribution < 1.29 is 15.5 Å². The number of hydrogen-bond donors (Lipinski definition) is 0. The molecule has 0 radical (unpaired) electrons. The van der Waals surface area contributed by atoms with Crippen molar-refractivity contribution in [1.29, 1.82) is 0 Å². The van der Waals surface area contributed by atoms with Gasteiger partial charge >= 0.3 is 68.4 Å². The summed E-state index contributed by atoms with van der Waals surface area (Å²) in [7, 11) is 20.1. The van der Waals surface area contributed by atoms with Crippen LogP contribution in [0.2, 0.25) is 0 Å². The van der Waals surface area contributed by atoms with Crippen molar-refractivity contribution in [2.24, 2.45) is 0 Å². The molecule has 0 aromatic carbocycles. The van der Waals surface area contributed by atoms with Gasteiger partial charge in [0, 0.05) is 0 Å². The van der Waals surface area contributed by atoms with E-state index in [1.54, 1.807) is 0 Å². The molecule has 0 nitrogen and oxygen atoms in total. The van der Waals surface area contributed by atoms with Crippen molar-refractivity contribution in [2.45, 2.75) is 0 Å². The summed E-state index contributed by atoms with van der Waals surface area (Å²) in [4.78, 5) is 0. The van der Waals surface area contributed by atoms with Gasteiger partial charge in [0.15, 0.2) is 0 Å². The third-order valence-corrected chi connectivity index (χ3v) is 0. The quantitative estimate of drug-likeness (QED) is 0.569. The standard InChI is InChI=1S/4ClH.Li.Zr.H/h4*1H;;;/q;;;;;+4;/p-4. The molecule has 0 bridgehead atoms. The monoisotopic (exact) mass is 238 g/mol. The Hall–Kier alpha value is 2.64. The molecule has 0 aliphatic heterocycles. The van der Waals surface area contributed by atoms with Gasteiger partial charge in [-0.1, -0.05) is 0 Å². The number of halogens is 4. The minimum atomic E-state index is -3.29. The average Bonchev–Trinajstić information content (AvgIpc) is 0.722. The Morgan fingerprint density at radius 1 is 0.833 bits per heavy atom. The van der Waals surface area contributed by atoms with Crippen LogP contribution in [0.25, 0.3) is 0 Å². The molecule has 0 heterocycles. The number of rotatable bonds is 0.